The minimum absolute atomic E-state index is 0.0404. The monoisotopic (exact) mass is 624 g/mol. The third kappa shape index (κ3) is 7.71. The SMILES string of the molecule is CC1(C)C(NC(=O)C(=NOCCOc2ccc(C(N)=NC3CCNCC3)cc2)c2csc(N)n2)C(=O)N1OS(=O)(=O)O. The predicted molar refractivity (Wildman–Crippen MR) is 153 cm³/mol. The van der Waals surface area contributed by atoms with Gasteiger partial charge in [0, 0.05) is 10.9 Å². The van der Waals surface area contributed by atoms with Gasteiger partial charge in [0.25, 0.3) is 11.8 Å². The number of hydrogen-bond donors (Lipinski definition) is 5. The van der Waals surface area contributed by atoms with Crippen LogP contribution in [0.4, 0.5) is 5.13 Å². The lowest BCUT2D eigenvalue weighted by molar-refractivity contribution is -0.218. The first-order valence-electron chi connectivity index (χ1n) is 12.9. The largest absolute Gasteiger partial charge is 0.490 e. The second kappa shape index (κ2) is 13.0. The summed E-state index contributed by atoms with van der Waals surface area (Å²) in [5, 5.41) is 11.7. The molecule has 2 aliphatic rings. The van der Waals surface area contributed by atoms with E-state index < -0.39 is 33.8 Å². The molecule has 0 saturated carbocycles. The Labute approximate surface area is 246 Å². The summed E-state index contributed by atoms with van der Waals surface area (Å²) in [6.07, 6.45) is 1.90. The summed E-state index contributed by atoms with van der Waals surface area (Å²) in [7, 11) is -4.94. The lowest BCUT2D eigenvalue weighted by Gasteiger charge is -2.50. The molecule has 3 heterocycles. The van der Waals surface area contributed by atoms with Gasteiger partial charge in [-0.1, -0.05) is 5.16 Å². The number of amides is 2. The Morgan fingerprint density at radius 1 is 1.26 bits per heavy atom. The molecule has 0 radical (unpaired) electrons. The second-order valence-electron chi connectivity index (χ2n) is 9.91. The average molecular weight is 625 g/mol. The van der Waals surface area contributed by atoms with E-state index in [1.165, 1.54) is 19.2 Å². The van der Waals surface area contributed by atoms with Gasteiger partial charge in [0.05, 0.1) is 11.6 Å². The highest BCUT2D eigenvalue weighted by atomic mass is 32.3. The fourth-order valence-corrected chi connectivity index (χ4v) is 5.26. The average Bonchev–Trinajstić information content (AvgIpc) is 3.38. The number of hydrogen-bond acceptors (Lipinski definition) is 13. The predicted octanol–water partition coefficient (Wildman–Crippen LogP) is -0.178. The molecular formula is C24H32N8O8S2. The summed E-state index contributed by atoms with van der Waals surface area (Å²) >= 11 is 1.07. The maximum atomic E-state index is 13.0. The topological polar surface area (TPSA) is 233 Å². The highest BCUT2D eigenvalue weighted by Gasteiger charge is 2.58. The van der Waals surface area contributed by atoms with Crippen LogP contribution in [0.2, 0.25) is 0 Å². The fraction of sp³-hybridized carbons (Fsp3) is 0.458. The summed E-state index contributed by atoms with van der Waals surface area (Å²) in [6.45, 7) is 4.76. The fourth-order valence-electron chi connectivity index (χ4n) is 4.26. The number of thiazole rings is 1. The molecule has 42 heavy (non-hydrogen) atoms. The van der Waals surface area contributed by atoms with E-state index in [2.05, 4.69) is 30.0 Å². The van der Waals surface area contributed by atoms with Crippen molar-refractivity contribution >= 4 is 50.2 Å². The number of nitrogens with zero attached hydrogens (tertiary/aromatic N) is 4. The van der Waals surface area contributed by atoms with Gasteiger partial charge in [-0.05, 0) is 64.0 Å². The van der Waals surface area contributed by atoms with E-state index >= 15 is 0 Å². The van der Waals surface area contributed by atoms with Crippen LogP contribution in [0.1, 0.15) is 37.9 Å². The van der Waals surface area contributed by atoms with Gasteiger partial charge in [0.15, 0.2) is 17.5 Å². The number of aromatic nitrogens is 1. The molecule has 16 nitrogen and oxygen atoms in total. The summed E-state index contributed by atoms with van der Waals surface area (Å²) in [4.78, 5) is 39.4. The Balaban J connectivity index is 1.32. The number of piperidine rings is 1. The van der Waals surface area contributed by atoms with Crippen molar-refractivity contribution in [3.63, 3.8) is 0 Å². The van der Waals surface area contributed by atoms with E-state index in [9.17, 15) is 18.0 Å². The van der Waals surface area contributed by atoms with Crippen LogP contribution in [0.25, 0.3) is 0 Å². The van der Waals surface area contributed by atoms with Gasteiger partial charge in [-0.15, -0.1) is 15.6 Å². The van der Waals surface area contributed by atoms with E-state index in [0.29, 0.717) is 16.6 Å². The lowest BCUT2D eigenvalue weighted by Crippen LogP contribution is -2.76. The van der Waals surface area contributed by atoms with Crippen LogP contribution in [-0.4, -0.2) is 90.3 Å². The molecule has 2 aliphatic heterocycles. The van der Waals surface area contributed by atoms with E-state index in [4.69, 9.17) is 25.6 Å². The first kappa shape index (κ1) is 31.1. The summed E-state index contributed by atoms with van der Waals surface area (Å²) in [6, 6.07) is 6.16. The number of oxime groups is 1. The molecule has 1 aromatic heterocycles. The Kier molecular flexibility index (Phi) is 9.62. The first-order valence-corrected chi connectivity index (χ1v) is 15.1. The van der Waals surface area contributed by atoms with Gasteiger partial charge >= 0.3 is 10.4 Å². The van der Waals surface area contributed by atoms with Crippen molar-refractivity contribution in [3.05, 3.63) is 40.9 Å². The molecule has 1 atom stereocenters. The highest BCUT2D eigenvalue weighted by molar-refractivity contribution is 7.80. The van der Waals surface area contributed by atoms with Gasteiger partial charge in [0.1, 0.15) is 29.9 Å². The van der Waals surface area contributed by atoms with Crippen LogP contribution < -0.4 is 26.8 Å². The van der Waals surface area contributed by atoms with Crippen LogP contribution in [0, 0.1) is 0 Å². The Morgan fingerprint density at radius 3 is 2.55 bits per heavy atom. The van der Waals surface area contributed by atoms with Gasteiger partial charge in [0.2, 0.25) is 0 Å². The number of nitrogens with two attached hydrogens (primary N) is 2. The smallest absolute Gasteiger partial charge is 0.418 e. The number of aliphatic imine (C=N–C) groups is 1. The number of hydroxylamine groups is 2. The molecule has 7 N–H and O–H groups in total. The molecule has 4 rings (SSSR count). The van der Waals surface area contributed by atoms with Crippen LogP contribution in [0.15, 0.2) is 39.8 Å². The number of carbonyl (C=O) groups excluding carboxylic acids is 2. The molecule has 2 fully saturated rings. The summed E-state index contributed by atoms with van der Waals surface area (Å²) in [5.41, 5.74) is 11.2. The number of nitrogens with one attached hydrogen (secondary N) is 2. The van der Waals surface area contributed by atoms with Crippen molar-refractivity contribution in [3.8, 4) is 5.75 Å². The highest BCUT2D eigenvalue weighted by Crippen LogP contribution is 2.33. The van der Waals surface area contributed by atoms with Crippen LogP contribution in [0.3, 0.4) is 0 Å². The number of anilines is 1. The van der Waals surface area contributed by atoms with Gasteiger partial charge < -0.3 is 31.7 Å². The number of rotatable bonds is 12. The number of benzene rings is 1. The minimum Gasteiger partial charge on any atom is -0.490 e. The van der Waals surface area contributed by atoms with E-state index in [-0.39, 0.29) is 35.8 Å². The van der Waals surface area contributed by atoms with E-state index in [1.54, 1.807) is 12.1 Å². The van der Waals surface area contributed by atoms with Crippen LogP contribution in [-0.2, 0) is 29.1 Å². The van der Waals surface area contributed by atoms with Crippen molar-refractivity contribution in [1.82, 2.24) is 20.7 Å². The van der Waals surface area contributed by atoms with Crippen molar-refractivity contribution in [2.24, 2.45) is 15.9 Å². The van der Waals surface area contributed by atoms with E-state index in [1.807, 2.05) is 12.1 Å². The molecule has 0 bridgehead atoms. The second-order valence-corrected chi connectivity index (χ2v) is 11.8. The Hall–Kier alpha value is -3.84. The minimum atomic E-state index is -4.94. The molecule has 0 spiro atoms. The normalized spacial score (nSPS) is 19.7. The quantitative estimate of drug-likeness (QED) is 0.0517. The summed E-state index contributed by atoms with van der Waals surface area (Å²) < 4.78 is 40.9. The van der Waals surface area contributed by atoms with Gasteiger partial charge in [-0.3, -0.25) is 19.1 Å². The van der Waals surface area contributed by atoms with Crippen LogP contribution >= 0.6 is 11.3 Å². The molecule has 1 unspecified atom stereocenters. The third-order valence-electron chi connectivity index (χ3n) is 6.48. The van der Waals surface area contributed by atoms with Crippen molar-refractivity contribution in [2.45, 2.75) is 44.3 Å². The zero-order valence-corrected chi connectivity index (χ0v) is 24.5. The molecule has 2 aromatic rings. The first-order chi connectivity index (χ1) is 19.8. The number of ether oxygens (including phenoxy) is 1. The van der Waals surface area contributed by atoms with Crippen molar-refractivity contribution in [1.29, 1.82) is 0 Å². The lowest BCUT2D eigenvalue weighted by atomic mass is 9.84. The maximum Gasteiger partial charge on any atom is 0.418 e. The molecule has 0 aliphatic carbocycles. The van der Waals surface area contributed by atoms with Crippen LogP contribution in [0.5, 0.6) is 5.75 Å². The zero-order valence-electron chi connectivity index (χ0n) is 22.8. The zero-order chi connectivity index (χ0) is 30.5. The molecule has 1 aromatic carbocycles. The number of amidine groups is 1. The van der Waals surface area contributed by atoms with Crippen molar-refractivity contribution in [2.75, 3.05) is 32.0 Å². The molecule has 228 valence electrons. The van der Waals surface area contributed by atoms with Gasteiger partial charge in [-0.2, -0.15) is 13.5 Å². The number of nitrogen functional groups attached to an aromatic ring is 1. The standard InChI is InChI=1S/C24H32N8O8S2/c1-24(2)19(22(34)32(24)40-42(35,36)37)30-21(33)18(17-13-41-23(26)29-17)31-39-12-11-38-16-5-3-14(4-6-16)20(25)28-15-7-9-27-10-8-15/h3-6,13,15,19,27H,7-12H2,1-2H3,(H2,25,28)(H2,26,29)(H,30,33)(H,35,36,37). The summed E-state index contributed by atoms with van der Waals surface area (Å²) in [5.74, 6) is -0.694. The molecular weight excluding hydrogens is 592 g/mol. The molecule has 2 saturated heterocycles. The Morgan fingerprint density at radius 2 is 1.95 bits per heavy atom. The van der Waals surface area contributed by atoms with E-state index in [0.717, 1.165) is 42.8 Å². The molecule has 18 heteroatoms. The van der Waals surface area contributed by atoms with Crippen molar-refractivity contribution < 1.29 is 36.4 Å². The van der Waals surface area contributed by atoms with Gasteiger partial charge in [-0.25, -0.2) is 4.98 Å². The molecule has 2 amide bonds. The third-order valence-corrected chi connectivity index (χ3v) is 7.49. The maximum absolute atomic E-state index is 13.0. The number of β-lactam (4-membered cyclic amide) rings is 1. The number of carbonyl (C=O) groups is 2. The Bertz CT molecular complexity index is 1450.